The number of nitrogens with zero attached hydrogens (tertiary/aromatic N) is 2. The fourth-order valence-electron chi connectivity index (χ4n) is 5.11. The molecule has 0 saturated heterocycles. The van der Waals surface area contributed by atoms with E-state index in [-0.39, 0.29) is 23.7 Å². The second kappa shape index (κ2) is 9.86. The Bertz CT molecular complexity index is 1390. The van der Waals surface area contributed by atoms with Crippen molar-refractivity contribution in [2.24, 2.45) is 11.8 Å². The van der Waals surface area contributed by atoms with Crippen molar-refractivity contribution < 1.29 is 18.7 Å². The van der Waals surface area contributed by atoms with E-state index in [2.05, 4.69) is 10.3 Å². The van der Waals surface area contributed by atoms with Crippen LogP contribution in [0.2, 0.25) is 0 Å². The summed E-state index contributed by atoms with van der Waals surface area (Å²) in [5.74, 6) is -0.658. The minimum Gasteiger partial charge on any atom is -0.469 e. The number of hydrogen-bond acceptors (Lipinski definition) is 4. The third kappa shape index (κ3) is 4.90. The molecule has 1 aliphatic rings. The molecule has 6 nitrogen and oxygen atoms in total. The summed E-state index contributed by atoms with van der Waals surface area (Å²) in [6.07, 6.45) is 6.94. The molecule has 2 aromatic heterocycles. The molecule has 1 fully saturated rings. The van der Waals surface area contributed by atoms with Crippen molar-refractivity contribution in [3.05, 3.63) is 78.0 Å². The maximum Gasteiger partial charge on any atom is 0.308 e. The molecule has 7 heteroatoms. The maximum absolute atomic E-state index is 14.4. The first kappa shape index (κ1) is 23.0. The molecule has 0 spiro atoms. The van der Waals surface area contributed by atoms with Gasteiger partial charge in [0.15, 0.2) is 0 Å². The Morgan fingerprint density at radius 3 is 2.60 bits per heavy atom. The molecule has 180 valence electrons. The molecule has 1 N–H and O–H groups in total. The van der Waals surface area contributed by atoms with Gasteiger partial charge in [-0.3, -0.25) is 14.6 Å². The molecule has 0 bridgehead atoms. The van der Waals surface area contributed by atoms with E-state index in [9.17, 15) is 14.0 Å². The summed E-state index contributed by atoms with van der Waals surface area (Å²) in [7, 11) is 1.42. The zero-order chi connectivity index (χ0) is 24.4. The van der Waals surface area contributed by atoms with Gasteiger partial charge in [0.2, 0.25) is 0 Å². The van der Waals surface area contributed by atoms with Crippen LogP contribution in [0.1, 0.15) is 41.7 Å². The highest BCUT2D eigenvalue weighted by Gasteiger charge is 2.27. The smallest absolute Gasteiger partial charge is 0.308 e. The van der Waals surface area contributed by atoms with Gasteiger partial charge >= 0.3 is 5.97 Å². The summed E-state index contributed by atoms with van der Waals surface area (Å²) in [6, 6.07) is 14.6. The molecular weight excluding hydrogens is 445 g/mol. The lowest BCUT2D eigenvalue weighted by Crippen LogP contribution is -2.33. The number of amides is 1. The Morgan fingerprint density at radius 1 is 1.06 bits per heavy atom. The summed E-state index contributed by atoms with van der Waals surface area (Å²) < 4.78 is 21.2. The van der Waals surface area contributed by atoms with Crippen LogP contribution in [-0.4, -0.2) is 35.1 Å². The van der Waals surface area contributed by atoms with Crippen LogP contribution >= 0.6 is 0 Å². The van der Waals surface area contributed by atoms with Crippen LogP contribution in [0.25, 0.3) is 21.7 Å². The molecule has 0 aliphatic heterocycles. The number of hydrogen-bond donors (Lipinski definition) is 1. The number of carbonyl (C=O) groups excluding carboxylic acids is 2. The molecule has 0 atom stereocenters. The Kier molecular flexibility index (Phi) is 6.49. The number of rotatable bonds is 6. The average Bonchev–Trinajstić information content (AvgIpc) is 3.28. The lowest BCUT2D eigenvalue weighted by molar-refractivity contribution is -0.146. The second-order valence-corrected chi connectivity index (χ2v) is 9.31. The van der Waals surface area contributed by atoms with Gasteiger partial charge < -0.3 is 14.6 Å². The second-order valence-electron chi connectivity index (χ2n) is 9.31. The van der Waals surface area contributed by atoms with Gasteiger partial charge in [0.25, 0.3) is 5.91 Å². The lowest BCUT2D eigenvalue weighted by atomic mass is 9.82. The van der Waals surface area contributed by atoms with Gasteiger partial charge in [0.1, 0.15) is 5.82 Å². The molecule has 0 radical (unpaired) electrons. The molecule has 35 heavy (non-hydrogen) atoms. The predicted molar refractivity (Wildman–Crippen MR) is 133 cm³/mol. The van der Waals surface area contributed by atoms with Crippen molar-refractivity contribution in [1.29, 1.82) is 0 Å². The van der Waals surface area contributed by atoms with Crippen LogP contribution in [0.5, 0.6) is 0 Å². The third-order valence-electron chi connectivity index (χ3n) is 7.02. The minimum atomic E-state index is -0.442. The van der Waals surface area contributed by atoms with E-state index in [0.717, 1.165) is 42.1 Å². The van der Waals surface area contributed by atoms with Crippen LogP contribution < -0.4 is 5.32 Å². The van der Waals surface area contributed by atoms with E-state index in [1.165, 1.54) is 19.2 Å². The fourth-order valence-corrected chi connectivity index (χ4v) is 5.11. The average molecular weight is 474 g/mol. The van der Waals surface area contributed by atoms with Crippen molar-refractivity contribution in [3.63, 3.8) is 0 Å². The van der Waals surface area contributed by atoms with Crippen molar-refractivity contribution in [2.75, 3.05) is 13.7 Å². The molecule has 2 heterocycles. The number of methoxy groups -OCH3 is 1. The molecule has 2 aromatic carbocycles. The van der Waals surface area contributed by atoms with E-state index in [1.807, 2.05) is 53.4 Å². The minimum absolute atomic E-state index is 0.0539. The molecule has 1 amide bonds. The summed E-state index contributed by atoms with van der Waals surface area (Å²) in [4.78, 5) is 29.5. The summed E-state index contributed by atoms with van der Waals surface area (Å²) >= 11 is 0. The first-order chi connectivity index (χ1) is 17.0. The lowest BCUT2D eigenvalue weighted by Gasteiger charge is -2.27. The number of ether oxygens (including phenoxy) is 1. The largest absolute Gasteiger partial charge is 0.469 e. The molecule has 1 saturated carbocycles. The highest BCUT2D eigenvalue weighted by molar-refractivity contribution is 6.06. The number of halogens is 1. The molecular formula is C28H28FN3O3. The van der Waals surface area contributed by atoms with Crippen LogP contribution in [0, 0.1) is 17.7 Å². The number of esters is 1. The van der Waals surface area contributed by atoms with Crippen LogP contribution in [0.15, 0.2) is 60.9 Å². The molecule has 0 unspecified atom stereocenters. The number of aromatic nitrogens is 2. The van der Waals surface area contributed by atoms with E-state index in [1.54, 1.807) is 0 Å². The Morgan fingerprint density at radius 2 is 1.83 bits per heavy atom. The van der Waals surface area contributed by atoms with Gasteiger partial charge in [-0.25, -0.2) is 4.39 Å². The SMILES string of the molecule is COC(=O)C1CCC(CNC(=O)c2cc(F)cc3ccn(Cc4cc5ccccc5cn4)c23)CC1. The van der Waals surface area contributed by atoms with Gasteiger partial charge in [-0.15, -0.1) is 0 Å². The first-order valence-corrected chi connectivity index (χ1v) is 12.0. The summed E-state index contributed by atoms with van der Waals surface area (Å²) in [5.41, 5.74) is 1.86. The van der Waals surface area contributed by atoms with E-state index in [0.29, 0.717) is 29.6 Å². The van der Waals surface area contributed by atoms with Gasteiger partial charge in [0.05, 0.1) is 36.3 Å². The zero-order valence-electron chi connectivity index (χ0n) is 19.7. The number of nitrogens with one attached hydrogen (secondary N) is 1. The number of benzene rings is 2. The van der Waals surface area contributed by atoms with E-state index in [4.69, 9.17) is 4.74 Å². The monoisotopic (exact) mass is 473 g/mol. The van der Waals surface area contributed by atoms with Crippen LogP contribution in [-0.2, 0) is 16.1 Å². The predicted octanol–water partition coefficient (Wildman–Crippen LogP) is 5.09. The van der Waals surface area contributed by atoms with Crippen LogP contribution in [0.4, 0.5) is 4.39 Å². The normalized spacial score (nSPS) is 18.0. The molecule has 5 rings (SSSR count). The van der Waals surface area contributed by atoms with E-state index >= 15 is 0 Å². The van der Waals surface area contributed by atoms with Crippen LogP contribution in [0.3, 0.4) is 0 Å². The summed E-state index contributed by atoms with van der Waals surface area (Å²) in [6.45, 7) is 0.968. The Labute approximate surface area is 203 Å². The molecule has 4 aromatic rings. The van der Waals surface area contributed by atoms with Gasteiger partial charge in [-0.1, -0.05) is 24.3 Å². The first-order valence-electron chi connectivity index (χ1n) is 12.0. The van der Waals surface area contributed by atoms with Crippen molar-refractivity contribution >= 4 is 33.6 Å². The summed E-state index contributed by atoms with van der Waals surface area (Å²) in [5, 5.41) is 5.84. The highest BCUT2D eigenvalue weighted by Crippen LogP contribution is 2.29. The number of pyridine rings is 1. The Hall–Kier alpha value is -3.74. The van der Waals surface area contributed by atoms with Crippen molar-refractivity contribution in [3.8, 4) is 0 Å². The molecule has 1 aliphatic carbocycles. The highest BCUT2D eigenvalue weighted by atomic mass is 19.1. The van der Waals surface area contributed by atoms with Gasteiger partial charge in [0, 0.05) is 29.7 Å². The number of carbonyl (C=O) groups is 2. The fraction of sp³-hybridized carbons (Fsp3) is 0.321. The topological polar surface area (TPSA) is 73.2 Å². The Balaban J connectivity index is 1.33. The van der Waals surface area contributed by atoms with Crippen molar-refractivity contribution in [1.82, 2.24) is 14.9 Å². The third-order valence-corrected chi connectivity index (χ3v) is 7.02. The number of fused-ring (bicyclic) bond motifs is 2. The van der Waals surface area contributed by atoms with E-state index < -0.39 is 5.82 Å². The maximum atomic E-state index is 14.4. The van der Waals surface area contributed by atoms with Gasteiger partial charge in [-0.2, -0.15) is 0 Å². The zero-order valence-corrected chi connectivity index (χ0v) is 19.7. The quantitative estimate of drug-likeness (QED) is 0.396. The standard InChI is InChI=1S/C28H28FN3O3/c1-35-28(34)19-8-6-18(7-9-19)15-31-27(33)25-14-23(29)12-21-10-11-32(26(21)25)17-24-13-20-4-2-3-5-22(20)16-30-24/h2-5,10-14,16,18-19H,6-9,15,17H2,1H3,(H,31,33). The van der Waals surface area contributed by atoms with Crippen molar-refractivity contribution in [2.45, 2.75) is 32.2 Å². The van der Waals surface area contributed by atoms with Gasteiger partial charge in [-0.05, 0) is 61.3 Å².